The summed E-state index contributed by atoms with van der Waals surface area (Å²) in [7, 11) is 0. The summed E-state index contributed by atoms with van der Waals surface area (Å²) >= 11 is 1.28. The Morgan fingerprint density at radius 1 is 1.05 bits per heavy atom. The summed E-state index contributed by atoms with van der Waals surface area (Å²) in [6.07, 6.45) is 0. The van der Waals surface area contributed by atoms with Crippen LogP contribution in [0.4, 0.5) is 13.2 Å². The van der Waals surface area contributed by atoms with Crippen LogP contribution in [0.3, 0.4) is 0 Å². The predicted molar refractivity (Wildman–Crippen MR) is 72.6 cm³/mol. The Balaban J connectivity index is 1.81. The van der Waals surface area contributed by atoms with Crippen LogP contribution >= 0.6 is 11.8 Å². The van der Waals surface area contributed by atoms with Crippen LogP contribution in [-0.2, 0) is 17.1 Å². The maximum atomic E-state index is 13.6. The average molecular weight is 312 g/mol. The third-order valence-electron chi connectivity index (χ3n) is 3.04. The molecule has 0 bridgehead atoms. The first-order valence-electron chi connectivity index (χ1n) is 6.23. The van der Waals surface area contributed by atoms with Crippen molar-refractivity contribution in [1.29, 1.82) is 0 Å². The van der Waals surface area contributed by atoms with E-state index >= 15 is 0 Å². The molecule has 2 aromatic carbocycles. The van der Waals surface area contributed by atoms with Gasteiger partial charge in [0.2, 0.25) is 0 Å². The summed E-state index contributed by atoms with van der Waals surface area (Å²) in [6.45, 7) is 0.428. The highest BCUT2D eigenvalue weighted by Crippen LogP contribution is 2.34. The summed E-state index contributed by atoms with van der Waals surface area (Å²) in [5.41, 5.74) is 1.32. The van der Waals surface area contributed by atoms with Crippen LogP contribution in [0.25, 0.3) is 0 Å². The van der Waals surface area contributed by atoms with Crippen molar-refractivity contribution >= 4 is 11.8 Å². The molecule has 3 rings (SSSR count). The van der Waals surface area contributed by atoms with Gasteiger partial charge in [-0.15, -0.1) is 11.8 Å². The summed E-state index contributed by atoms with van der Waals surface area (Å²) in [6, 6.07) is 6.44. The molecule has 2 nitrogen and oxygen atoms in total. The van der Waals surface area contributed by atoms with Crippen LogP contribution in [0.5, 0.6) is 5.75 Å². The molecule has 0 unspecified atom stereocenters. The van der Waals surface area contributed by atoms with Crippen molar-refractivity contribution in [3.05, 3.63) is 58.9 Å². The molecule has 0 amide bonds. The lowest BCUT2D eigenvalue weighted by atomic mass is 10.1. The van der Waals surface area contributed by atoms with Gasteiger partial charge in [0.05, 0.1) is 6.61 Å². The predicted octanol–water partition coefficient (Wildman–Crippen LogP) is 4.26. The van der Waals surface area contributed by atoms with Crippen LogP contribution in [0.15, 0.2) is 35.2 Å². The van der Waals surface area contributed by atoms with Gasteiger partial charge < -0.3 is 9.47 Å². The third kappa shape index (κ3) is 3.16. The second-order valence-electron chi connectivity index (χ2n) is 4.53. The third-order valence-corrected chi connectivity index (χ3v) is 4.08. The normalized spacial score (nSPS) is 13.7. The van der Waals surface area contributed by atoms with Crippen molar-refractivity contribution in [2.24, 2.45) is 0 Å². The average Bonchev–Trinajstić information content (AvgIpc) is 2.48. The fraction of sp³-hybridized carbons (Fsp3) is 0.200. The van der Waals surface area contributed by atoms with E-state index in [0.717, 1.165) is 12.1 Å². The summed E-state index contributed by atoms with van der Waals surface area (Å²) in [4.78, 5) is 0.568. The van der Waals surface area contributed by atoms with E-state index in [1.165, 1.54) is 30.0 Å². The van der Waals surface area contributed by atoms with Gasteiger partial charge in [0.1, 0.15) is 11.6 Å². The molecule has 0 N–H and O–H groups in total. The maximum Gasteiger partial charge on any atom is 0.189 e. The molecule has 0 atom stereocenters. The number of rotatable bonds is 3. The standard InChI is InChI=1S/C15H11F3O2S/c16-11-3-9-6-19-8-20-15(9)10(4-11)7-21-12-1-2-13(17)14(18)5-12/h1-5H,6-8H2. The minimum absolute atomic E-state index is 0.126. The first-order chi connectivity index (χ1) is 10.1. The largest absolute Gasteiger partial charge is 0.467 e. The molecule has 6 heteroatoms. The fourth-order valence-electron chi connectivity index (χ4n) is 2.09. The first-order valence-corrected chi connectivity index (χ1v) is 7.22. The number of halogens is 3. The molecule has 0 saturated carbocycles. The molecule has 1 aliphatic heterocycles. The SMILES string of the molecule is Fc1cc2c(c(CSc3ccc(F)c(F)c3)c1)OCOC2. The molecule has 0 aromatic heterocycles. The second kappa shape index (κ2) is 5.99. The lowest BCUT2D eigenvalue weighted by Gasteiger charge is -2.20. The lowest BCUT2D eigenvalue weighted by Crippen LogP contribution is -2.13. The number of hydrogen-bond donors (Lipinski definition) is 0. The van der Waals surface area contributed by atoms with E-state index in [1.807, 2.05) is 0 Å². The molecule has 1 heterocycles. The van der Waals surface area contributed by atoms with E-state index in [-0.39, 0.29) is 12.6 Å². The van der Waals surface area contributed by atoms with Crippen LogP contribution in [0.1, 0.15) is 11.1 Å². The summed E-state index contributed by atoms with van der Waals surface area (Å²) in [5, 5.41) is 0. The van der Waals surface area contributed by atoms with E-state index < -0.39 is 11.6 Å². The molecule has 0 saturated heterocycles. The van der Waals surface area contributed by atoms with Gasteiger partial charge in [-0.25, -0.2) is 13.2 Å². The quantitative estimate of drug-likeness (QED) is 0.789. The Hall–Kier alpha value is -1.66. The molecule has 1 aliphatic rings. The maximum absolute atomic E-state index is 13.6. The smallest absolute Gasteiger partial charge is 0.189 e. The minimum atomic E-state index is -0.897. The van der Waals surface area contributed by atoms with E-state index in [2.05, 4.69) is 0 Å². The van der Waals surface area contributed by atoms with Crippen molar-refractivity contribution in [2.45, 2.75) is 17.3 Å². The fourth-order valence-corrected chi connectivity index (χ4v) is 2.98. The lowest BCUT2D eigenvalue weighted by molar-refractivity contribution is -0.0171. The van der Waals surface area contributed by atoms with E-state index in [4.69, 9.17) is 9.47 Å². The highest BCUT2D eigenvalue weighted by Gasteiger charge is 2.17. The van der Waals surface area contributed by atoms with Crippen LogP contribution in [0, 0.1) is 17.5 Å². The van der Waals surface area contributed by atoms with E-state index in [1.54, 1.807) is 0 Å². The highest BCUT2D eigenvalue weighted by molar-refractivity contribution is 7.98. The minimum Gasteiger partial charge on any atom is -0.467 e. The Labute approximate surface area is 123 Å². The van der Waals surface area contributed by atoms with Gasteiger partial charge in [0.15, 0.2) is 18.4 Å². The van der Waals surface area contributed by atoms with Crippen LogP contribution < -0.4 is 4.74 Å². The molecule has 0 aliphatic carbocycles. The van der Waals surface area contributed by atoms with Gasteiger partial charge in [-0.3, -0.25) is 0 Å². The summed E-state index contributed by atoms with van der Waals surface area (Å²) in [5.74, 6) is -1.15. The highest BCUT2D eigenvalue weighted by atomic mass is 32.2. The van der Waals surface area contributed by atoms with Gasteiger partial charge in [-0.05, 0) is 30.3 Å². The molecule has 2 aromatic rings. The number of ether oxygens (including phenoxy) is 2. The molecule has 0 radical (unpaired) electrons. The zero-order valence-electron chi connectivity index (χ0n) is 10.9. The van der Waals surface area contributed by atoms with Crippen molar-refractivity contribution in [3.63, 3.8) is 0 Å². The molecule has 0 spiro atoms. The number of thioether (sulfide) groups is 1. The van der Waals surface area contributed by atoms with Crippen LogP contribution in [-0.4, -0.2) is 6.79 Å². The molecular formula is C15H11F3O2S. The van der Waals surface area contributed by atoms with E-state index in [0.29, 0.717) is 34.1 Å². The number of fused-ring (bicyclic) bond motifs is 1. The van der Waals surface area contributed by atoms with Gasteiger partial charge in [-0.2, -0.15) is 0 Å². The van der Waals surface area contributed by atoms with E-state index in [9.17, 15) is 13.2 Å². The first kappa shape index (κ1) is 14.3. The Bertz CT molecular complexity index is 676. The molecule has 0 fully saturated rings. The number of benzene rings is 2. The Morgan fingerprint density at radius 2 is 1.90 bits per heavy atom. The monoisotopic (exact) mass is 312 g/mol. The molecular weight excluding hydrogens is 301 g/mol. The van der Waals surface area contributed by atoms with Gasteiger partial charge in [-0.1, -0.05) is 0 Å². The van der Waals surface area contributed by atoms with Crippen molar-refractivity contribution in [3.8, 4) is 5.75 Å². The van der Waals surface area contributed by atoms with Gasteiger partial charge in [0, 0.05) is 21.8 Å². The summed E-state index contributed by atoms with van der Waals surface area (Å²) < 4.78 is 50.1. The zero-order chi connectivity index (χ0) is 14.8. The number of hydrogen-bond acceptors (Lipinski definition) is 3. The van der Waals surface area contributed by atoms with Crippen LogP contribution in [0.2, 0.25) is 0 Å². The molecule has 21 heavy (non-hydrogen) atoms. The zero-order valence-corrected chi connectivity index (χ0v) is 11.7. The van der Waals surface area contributed by atoms with Crippen molar-refractivity contribution in [2.75, 3.05) is 6.79 Å². The van der Waals surface area contributed by atoms with Gasteiger partial charge >= 0.3 is 0 Å². The Kier molecular flexibility index (Phi) is 4.07. The molecule has 110 valence electrons. The topological polar surface area (TPSA) is 18.5 Å². The van der Waals surface area contributed by atoms with Gasteiger partial charge in [0.25, 0.3) is 0 Å². The Morgan fingerprint density at radius 3 is 2.71 bits per heavy atom. The van der Waals surface area contributed by atoms with Crippen molar-refractivity contribution < 1.29 is 22.6 Å². The van der Waals surface area contributed by atoms with Crippen molar-refractivity contribution in [1.82, 2.24) is 0 Å². The second-order valence-corrected chi connectivity index (χ2v) is 5.58.